The molecule has 0 unspecified atom stereocenters. The first-order chi connectivity index (χ1) is 12.0. The van der Waals surface area contributed by atoms with Crippen LogP contribution in [0.25, 0.3) is 5.69 Å². The van der Waals surface area contributed by atoms with Crippen LogP contribution in [0.15, 0.2) is 30.5 Å². The van der Waals surface area contributed by atoms with Crippen molar-refractivity contribution in [2.75, 3.05) is 32.9 Å². The van der Waals surface area contributed by atoms with Gasteiger partial charge in [-0.1, -0.05) is 0 Å². The summed E-state index contributed by atoms with van der Waals surface area (Å²) in [7, 11) is 0. The summed E-state index contributed by atoms with van der Waals surface area (Å²) >= 11 is 0. The number of carbonyl (C=O) groups is 1. The fraction of sp³-hybridized carbons (Fsp3) is 0.412. The van der Waals surface area contributed by atoms with Gasteiger partial charge >= 0.3 is 0 Å². The Hall–Kier alpha value is -1.84. The lowest BCUT2D eigenvalue weighted by atomic mass is 10.3. The molecule has 1 aromatic heterocycles. The van der Waals surface area contributed by atoms with Gasteiger partial charge in [-0.05, 0) is 18.2 Å². The van der Waals surface area contributed by atoms with Gasteiger partial charge < -0.3 is 9.64 Å². The van der Waals surface area contributed by atoms with Crippen molar-refractivity contribution in [2.45, 2.75) is 13.5 Å². The Bertz CT molecular complexity index is 748. The van der Waals surface area contributed by atoms with Gasteiger partial charge in [-0.2, -0.15) is 5.10 Å². The average Bonchev–Trinajstić information content (AvgIpc) is 3.07. The van der Waals surface area contributed by atoms with Crippen molar-refractivity contribution < 1.29 is 18.3 Å². The zero-order chi connectivity index (χ0) is 17.8. The van der Waals surface area contributed by atoms with Crippen molar-refractivity contribution in [3.8, 4) is 5.69 Å². The summed E-state index contributed by atoms with van der Waals surface area (Å²) < 4.78 is 33.4. The van der Waals surface area contributed by atoms with Crippen LogP contribution in [-0.4, -0.2) is 58.4 Å². The Morgan fingerprint density at radius 1 is 1.15 bits per heavy atom. The summed E-state index contributed by atoms with van der Waals surface area (Å²) in [5.74, 6) is -1.69. The predicted octanol–water partition coefficient (Wildman–Crippen LogP) is 2.37. The Balaban J connectivity index is 0.00000243. The number of benzene rings is 1. The van der Waals surface area contributed by atoms with E-state index in [9.17, 15) is 13.6 Å². The van der Waals surface area contributed by atoms with Gasteiger partial charge in [0, 0.05) is 45.4 Å². The number of hydrogen-bond acceptors (Lipinski definition) is 4. The van der Waals surface area contributed by atoms with Crippen LogP contribution in [0.2, 0.25) is 0 Å². The van der Waals surface area contributed by atoms with Crippen molar-refractivity contribution in [2.24, 2.45) is 0 Å². The number of carbonyl (C=O) groups excluding carboxylic acids is 1. The molecule has 1 saturated heterocycles. The van der Waals surface area contributed by atoms with E-state index in [-0.39, 0.29) is 22.9 Å². The second-order valence-corrected chi connectivity index (χ2v) is 5.95. The molecule has 2 aromatic rings. The molecule has 3 rings (SSSR count). The summed E-state index contributed by atoms with van der Waals surface area (Å²) in [4.78, 5) is 15.2. The first-order valence-electron chi connectivity index (χ1n) is 8.08. The second kappa shape index (κ2) is 9.20. The summed E-state index contributed by atoms with van der Waals surface area (Å²) in [6, 6.07) is 5.41. The van der Waals surface area contributed by atoms with Crippen LogP contribution >= 0.6 is 17.0 Å². The molecule has 26 heavy (non-hydrogen) atoms. The molecule has 1 aliphatic rings. The highest BCUT2D eigenvalue weighted by atomic mass is 79.9. The van der Waals surface area contributed by atoms with Crippen molar-refractivity contribution in [1.29, 1.82) is 0 Å². The molecular weight excluding hydrogens is 410 g/mol. The van der Waals surface area contributed by atoms with E-state index in [1.807, 2.05) is 4.90 Å². The lowest BCUT2D eigenvalue weighted by Gasteiger charge is -2.33. The van der Waals surface area contributed by atoms with Gasteiger partial charge in [0.25, 0.3) is 0 Å². The standard InChI is InChI=1S/C17H20F2N4O2.BrH/c1-13(24)22-8-6-21(7-9-22)12-25-11-14-4-5-23(20-14)15-2-3-16(18)17(19)10-15;/h2-5,10H,6-9,11-12H2,1H3;1H. The van der Waals surface area contributed by atoms with Gasteiger partial charge in [0.1, 0.15) is 0 Å². The molecule has 2 heterocycles. The fourth-order valence-corrected chi connectivity index (χ4v) is 2.68. The van der Waals surface area contributed by atoms with E-state index in [0.717, 1.165) is 25.2 Å². The van der Waals surface area contributed by atoms with Crippen LogP contribution in [0.4, 0.5) is 8.78 Å². The van der Waals surface area contributed by atoms with Crippen molar-refractivity contribution in [1.82, 2.24) is 19.6 Å². The zero-order valence-corrected chi connectivity index (χ0v) is 16.1. The molecule has 142 valence electrons. The second-order valence-electron chi connectivity index (χ2n) is 5.95. The Labute approximate surface area is 161 Å². The average molecular weight is 431 g/mol. The quantitative estimate of drug-likeness (QED) is 0.730. The molecule has 6 nitrogen and oxygen atoms in total. The molecule has 0 radical (unpaired) electrons. The number of piperazine rings is 1. The lowest BCUT2D eigenvalue weighted by molar-refractivity contribution is -0.131. The molecule has 0 bridgehead atoms. The van der Waals surface area contributed by atoms with E-state index in [1.54, 1.807) is 19.2 Å². The Morgan fingerprint density at radius 3 is 2.54 bits per heavy atom. The summed E-state index contributed by atoms with van der Waals surface area (Å²) in [6.07, 6.45) is 1.68. The molecule has 1 aromatic carbocycles. The molecule has 1 aliphatic heterocycles. The number of ether oxygens (including phenoxy) is 1. The summed E-state index contributed by atoms with van der Waals surface area (Å²) in [6.45, 7) is 5.35. The van der Waals surface area contributed by atoms with Crippen molar-refractivity contribution >= 4 is 22.9 Å². The van der Waals surface area contributed by atoms with Crippen molar-refractivity contribution in [3.05, 3.63) is 47.8 Å². The van der Waals surface area contributed by atoms with Gasteiger partial charge in [0.15, 0.2) is 11.6 Å². The maximum Gasteiger partial charge on any atom is 0.219 e. The van der Waals surface area contributed by atoms with Crippen LogP contribution in [-0.2, 0) is 16.1 Å². The summed E-state index contributed by atoms with van der Waals surface area (Å²) in [5.41, 5.74) is 1.15. The lowest BCUT2D eigenvalue weighted by Crippen LogP contribution is -2.48. The predicted molar refractivity (Wildman–Crippen MR) is 97.3 cm³/mol. The number of hydrogen-bond donors (Lipinski definition) is 0. The molecule has 0 N–H and O–H groups in total. The van der Waals surface area contributed by atoms with Crippen LogP contribution < -0.4 is 0 Å². The van der Waals surface area contributed by atoms with Crippen LogP contribution in [0.3, 0.4) is 0 Å². The third-order valence-corrected chi connectivity index (χ3v) is 4.15. The first kappa shape index (κ1) is 20.5. The highest BCUT2D eigenvalue weighted by molar-refractivity contribution is 8.93. The van der Waals surface area contributed by atoms with Gasteiger partial charge in [-0.15, -0.1) is 17.0 Å². The topological polar surface area (TPSA) is 50.6 Å². The number of nitrogens with zero attached hydrogens (tertiary/aromatic N) is 4. The fourth-order valence-electron chi connectivity index (χ4n) is 2.68. The van der Waals surface area contributed by atoms with E-state index in [1.165, 1.54) is 10.7 Å². The van der Waals surface area contributed by atoms with Gasteiger partial charge in [0.2, 0.25) is 5.91 Å². The van der Waals surface area contributed by atoms with E-state index in [2.05, 4.69) is 10.00 Å². The third-order valence-electron chi connectivity index (χ3n) is 4.15. The van der Waals surface area contributed by atoms with Crippen molar-refractivity contribution in [3.63, 3.8) is 0 Å². The molecule has 0 spiro atoms. The van der Waals surface area contributed by atoms with E-state index in [4.69, 9.17) is 4.74 Å². The van der Waals surface area contributed by atoms with Gasteiger partial charge in [0.05, 0.1) is 24.7 Å². The minimum absolute atomic E-state index is 0. The van der Waals surface area contributed by atoms with Gasteiger partial charge in [-0.3, -0.25) is 9.69 Å². The maximum atomic E-state index is 13.3. The van der Waals surface area contributed by atoms with E-state index in [0.29, 0.717) is 37.8 Å². The van der Waals surface area contributed by atoms with Crippen LogP contribution in [0.5, 0.6) is 0 Å². The Kier molecular flexibility index (Phi) is 7.24. The molecule has 1 amide bonds. The number of halogens is 3. The smallest absolute Gasteiger partial charge is 0.219 e. The minimum Gasteiger partial charge on any atom is -0.360 e. The van der Waals surface area contributed by atoms with Crippen LogP contribution in [0.1, 0.15) is 12.6 Å². The van der Waals surface area contributed by atoms with Gasteiger partial charge in [-0.25, -0.2) is 13.5 Å². The Morgan fingerprint density at radius 2 is 1.88 bits per heavy atom. The zero-order valence-electron chi connectivity index (χ0n) is 14.4. The third kappa shape index (κ3) is 5.09. The molecule has 9 heteroatoms. The number of aromatic nitrogens is 2. The molecule has 0 saturated carbocycles. The van der Waals surface area contributed by atoms with E-state index >= 15 is 0 Å². The summed E-state index contributed by atoms with van der Waals surface area (Å²) in [5, 5.41) is 4.30. The highest BCUT2D eigenvalue weighted by Crippen LogP contribution is 2.13. The molecule has 0 atom stereocenters. The normalized spacial score (nSPS) is 15.0. The monoisotopic (exact) mass is 430 g/mol. The first-order valence-corrected chi connectivity index (χ1v) is 8.08. The van der Waals surface area contributed by atoms with Crippen LogP contribution in [0, 0.1) is 11.6 Å². The molecule has 0 aliphatic carbocycles. The number of amides is 1. The largest absolute Gasteiger partial charge is 0.360 e. The molecule has 1 fully saturated rings. The molecular formula is C17H21BrF2N4O2. The SMILES string of the molecule is Br.CC(=O)N1CCN(COCc2ccn(-c3ccc(F)c(F)c3)n2)CC1. The highest BCUT2D eigenvalue weighted by Gasteiger charge is 2.18. The van der Waals surface area contributed by atoms with E-state index < -0.39 is 11.6 Å². The minimum atomic E-state index is -0.907. The number of rotatable bonds is 5. The maximum absolute atomic E-state index is 13.3.